The van der Waals surface area contributed by atoms with Crippen LogP contribution in [0.4, 0.5) is 0 Å². The number of nitro groups is 1. The van der Waals surface area contributed by atoms with Crippen LogP contribution in [0.3, 0.4) is 0 Å². The first-order chi connectivity index (χ1) is 4.09. The molecule has 0 spiro atoms. The third-order valence-corrected chi connectivity index (χ3v) is 0.747. The number of aliphatic hydroxyl groups excluding tert-OH is 3. The quantitative estimate of drug-likeness (QED) is 0.185. The second-order valence-electron chi connectivity index (χ2n) is 1.45. The van der Waals surface area contributed by atoms with Crippen molar-refractivity contribution in [1.29, 1.82) is 0 Å². The molecule has 0 fully saturated rings. The number of nitrogens with zero attached hydrogens (tertiary/aromatic N) is 1. The first-order valence-electron chi connectivity index (χ1n) is 2.20. The molecule has 0 aromatic rings. The van der Waals surface area contributed by atoms with Crippen molar-refractivity contribution in [2.24, 2.45) is 0 Å². The molecule has 0 aliphatic heterocycles. The van der Waals surface area contributed by atoms with Crippen molar-refractivity contribution < 1.29 is 20.2 Å². The Balaban J connectivity index is 0. The van der Waals surface area contributed by atoms with E-state index in [4.69, 9.17) is 15.3 Å². The predicted octanol–water partition coefficient (Wildman–Crippen LogP) is -2.98. The summed E-state index contributed by atoms with van der Waals surface area (Å²) in [5, 5.41) is 34.3. The van der Waals surface area contributed by atoms with Crippen molar-refractivity contribution in [2.45, 2.75) is 12.3 Å². The molecule has 7 heteroatoms. The van der Waals surface area contributed by atoms with E-state index in [1.807, 2.05) is 0 Å². The molecule has 0 aliphatic carbocycles. The van der Waals surface area contributed by atoms with Crippen molar-refractivity contribution in [3.8, 4) is 0 Å². The number of aliphatic hydroxyl groups is 3. The Bertz CT molecular complexity index is 109. The van der Waals surface area contributed by atoms with E-state index in [9.17, 15) is 10.1 Å². The molecule has 58 valence electrons. The van der Waals surface area contributed by atoms with E-state index in [2.05, 4.69) is 0 Å². The van der Waals surface area contributed by atoms with E-state index < -0.39 is 23.9 Å². The van der Waals surface area contributed by atoms with Gasteiger partial charge in [-0.05, 0) is 0 Å². The molecule has 0 aliphatic rings. The molecule has 0 aromatic carbocycles. The zero-order chi connectivity index (χ0) is 7.44. The van der Waals surface area contributed by atoms with Gasteiger partial charge in [-0.3, -0.25) is 10.1 Å². The Morgan fingerprint density at radius 1 is 1.50 bits per heavy atom. The topological polar surface area (TPSA) is 104 Å². The summed E-state index contributed by atoms with van der Waals surface area (Å²) in [4.78, 5) is 8.50. The van der Waals surface area contributed by atoms with E-state index in [0.717, 1.165) is 0 Å². The summed E-state index contributed by atoms with van der Waals surface area (Å²) in [6.45, 7) is -0.817. The molecule has 3 N–H and O–H groups in total. The average molecular weight is 179 g/mol. The summed E-state index contributed by atoms with van der Waals surface area (Å²) >= 11 is 0. The molecular formula is C3H9CaNO5. The number of hydrogen-bond acceptors (Lipinski definition) is 5. The molecule has 0 saturated heterocycles. The van der Waals surface area contributed by atoms with Gasteiger partial charge in [0.1, 0.15) is 0 Å². The molecule has 2 unspecified atom stereocenters. The fourth-order valence-electron chi connectivity index (χ4n) is 0.235. The second kappa shape index (κ2) is 6.26. The first kappa shape index (κ1) is 13.2. The Morgan fingerprint density at radius 3 is 2.00 bits per heavy atom. The van der Waals surface area contributed by atoms with Crippen LogP contribution in [0.5, 0.6) is 0 Å². The van der Waals surface area contributed by atoms with Crippen LogP contribution in [-0.2, 0) is 0 Å². The van der Waals surface area contributed by atoms with E-state index in [1.54, 1.807) is 0 Å². The normalized spacial score (nSPS) is 15.1. The summed E-state index contributed by atoms with van der Waals surface area (Å²) in [5.41, 5.74) is 0. The van der Waals surface area contributed by atoms with Crippen LogP contribution >= 0.6 is 0 Å². The standard InChI is InChI=1S/C3H7NO5.Ca.2H/c5-1-2(6)3(7)4(8)9;;;/h2-3,5-7H,1H2;;;. The first-order valence-corrected chi connectivity index (χ1v) is 2.20. The number of rotatable bonds is 3. The molecule has 0 saturated carbocycles. The summed E-state index contributed by atoms with van der Waals surface area (Å²) in [5.74, 6) is 0. The van der Waals surface area contributed by atoms with Gasteiger partial charge in [0.2, 0.25) is 0 Å². The van der Waals surface area contributed by atoms with Gasteiger partial charge < -0.3 is 15.3 Å². The molecule has 2 atom stereocenters. The summed E-state index contributed by atoms with van der Waals surface area (Å²) < 4.78 is 0. The van der Waals surface area contributed by atoms with Gasteiger partial charge in [0, 0.05) is 0 Å². The maximum atomic E-state index is 9.58. The third kappa shape index (κ3) is 4.37. The average Bonchev–Trinajstić information content (AvgIpc) is 1.84. The molecule has 0 aromatic heterocycles. The molecule has 6 nitrogen and oxygen atoms in total. The Morgan fingerprint density at radius 2 is 1.90 bits per heavy atom. The summed E-state index contributed by atoms with van der Waals surface area (Å²) in [7, 11) is 0. The van der Waals surface area contributed by atoms with Crippen molar-refractivity contribution in [3.63, 3.8) is 0 Å². The molecular weight excluding hydrogens is 170 g/mol. The van der Waals surface area contributed by atoms with E-state index in [1.165, 1.54) is 0 Å². The summed E-state index contributed by atoms with van der Waals surface area (Å²) in [6.07, 6.45) is -3.78. The van der Waals surface area contributed by atoms with Gasteiger partial charge in [-0.25, -0.2) is 0 Å². The fraction of sp³-hybridized carbons (Fsp3) is 1.00. The van der Waals surface area contributed by atoms with Crippen LogP contribution in [0.25, 0.3) is 0 Å². The van der Waals surface area contributed by atoms with Gasteiger partial charge in [0.05, 0.1) is 11.5 Å². The Labute approximate surface area is 86.6 Å². The fourth-order valence-corrected chi connectivity index (χ4v) is 0.235. The SMILES string of the molecule is O=[N+]([O-])C(O)C(O)CO.[CaH2]. The molecule has 0 bridgehead atoms. The van der Waals surface area contributed by atoms with E-state index >= 15 is 0 Å². The predicted molar refractivity (Wildman–Crippen MR) is 34.6 cm³/mol. The van der Waals surface area contributed by atoms with Crippen LogP contribution in [-0.4, -0.2) is 76.9 Å². The monoisotopic (exact) mass is 179 g/mol. The van der Waals surface area contributed by atoms with Gasteiger partial charge in [0.15, 0.2) is 6.10 Å². The second-order valence-corrected chi connectivity index (χ2v) is 1.45. The van der Waals surface area contributed by atoms with Gasteiger partial charge in [-0.15, -0.1) is 0 Å². The Hall–Kier alpha value is 0.540. The van der Waals surface area contributed by atoms with Gasteiger partial charge in [0.25, 0.3) is 0 Å². The van der Waals surface area contributed by atoms with Crippen LogP contribution < -0.4 is 0 Å². The van der Waals surface area contributed by atoms with E-state index in [0.29, 0.717) is 0 Å². The Kier molecular flexibility index (Phi) is 8.24. The minimum atomic E-state index is -2.09. The minimum absolute atomic E-state index is 0. The van der Waals surface area contributed by atoms with Crippen LogP contribution in [0, 0.1) is 10.1 Å². The van der Waals surface area contributed by atoms with Crippen LogP contribution in [0.2, 0.25) is 0 Å². The zero-order valence-corrected chi connectivity index (χ0v) is 4.47. The van der Waals surface area contributed by atoms with Gasteiger partial charge >= 0.3 is 44.0 Å². The van der Waals surface area contributed by atoms with Crippen LogP contribution in [0.15, 0.2) is 0 Å². The van der Waals surface area contributed by atoms with Crippen molar-refractivity contribution in [1.82, 2.24) is 0 Å². The molecule has 0 amide bonds. The molecule has 10 heavy (non-hydrogen) atoms. The molecule has 0 radical (unpaired) electrons. The van der Waals surface area contributed by atoms with Gasteiger partial charge in [-0.1, -0.05) is 0 Å². The summed E-state index contributed by atoms with van der Waals surface area (Å²) in [6, 6.07) is 0. The third-order valence-electron chi connectivity index (χ3n) is 0.747. The van der Waals surface area contributed by atoms with Crippen LogP contribution in [0.1, 0.15) is 0 Å². The van der Waals surface area contributed by atoms with Gasteiger partial charge in [-0.2, -0.15) is 0 Å². The van der Waals surface area contributed by atoms with Crippen molar-refractivity contribution in [3.05, 3.63) is 10.1 Å². The number of hydrogen-bond donors (Lipinski definition) is 3. The van der Waals surface area contributed by atoms with Crippen molar-refractivity contribution in [2.75, 3.05) is 6.61 Å². The molecule has 0 heterocycles. The molecule has 0 rings (SSSR count). The maximum absolute atomic E-state index is 9.58. The van der Waals surface area contributed by atoms with Crippen molar-refractivity contribution >= 4 is 37.7 Å². The zero-order valence-electron chi connectivity index (χ0n) is 4.47. The van der Waals surface area contributed by atoms with E-state index in [-0.39, 0.29) is 37.7 Å².